The Labute approximate surface area is 166 Å². The van der Waals surface area contributed by atoms with Crippen molar-refractivity contribution in [1.82, 2.24) is 4.98 Å². The molecule has 142 valence electrons. The van der Waals surface area contributed by atoms with Gasteiger partial charge in [0.1, 0.15) is 5.75 Å². The van der Waals surface area contributed by atoms with Gasteiger partial charge in [-0.05, 0) is 48.9 Å². The monoisotopic (exact) mass is 424 g/mol. The largest absolute Gasteiger partial charge is 0.497 e. The van der Waals surface area contributed by atoms with E-state index in [-0.39, 0.29) is 29.4 Å². The Morgan fingerprint density at radius 3 is 2.67 bits per heavy atom. The first kappa shape index (κ1) is 19.6. The molecule has 0 spiro atoms. The van der Waals surface area contributed by atoms with Crippen molar-refractivity contribution in [1.29, 1.82) is 0 Å². The molecule has 1 heterocycles. The van der Waals surface area contributed by atoms with Crippen molar-refractivity contribution < 1.29 is 17.9 Å². The van der Waals surface area contributed by atoms with Gasteiger partial charge in [-0.25, -0.2) is 13.4 Å². The fourth-order valence-electron chi connectivity index (χ4n) is 2.45. The molecule has 0 bridgehead atoms. The molecule has 6 nitrogen and oxygen atoms in total. The first-order chi connectivity index (χ1) is 12.9. The Morgan fingerprint density at radius 1 is 1.22 bits per heavy atom. The number of benzene rings is 2. The molecule has 9 heteroatoms. The quantitative estimate of drug-likeness (QED) is 0.615. The zero-order chi connectivity index (χ0) is 19.4. The van der Waals surface area contributed by atoms with Crippen LogP contribution in [0.1, 0.15) is 12.8 Å². The molecule has 0 aliphatic heterocycles. The van der Waals surface area contributed by atoms with Crippen LogP contribution >= 0.6 is 22.9 Å². The molecule has 0 aliphatic rings. The van der Waals surface area contributed by atoms with Crippen LogP contribution < -0.4 is 10.1 Å². The summed E-state index contributed by atoms with van der Waals surface area (Å²) in [5.74, 6) is 0.336. The fraction of sp³-hybridized carbons (Fsp3) is 0.222. The molecular formula is C18H17ClN2O4S2. The number of anilines is 1. The molecule has 2 aromatic carbocycles. The summed E-state index contributed by atoms with van der Waals surface area (Å²) >= 11 is 7.11. The number of amides is 1. The number of carbonyl (C=O) groups excluding carboxylic acids is 1. The van der Waals surface area contributed by atoms with Crippen LogP contribution in [0.25, 0.3) is 10.2 Å². The van der Waals surface area contributed by atoms with Gasteiger partial charge in [0, 0.05) is 11.4 Å². The van der Waals surface area contributed by atoms with Crippen molar-refractivity contribution in [2.45, 2.75) is 17.7 Å². The maximum Gasteiger partial charge on any atom is 0.226 e. The predicted octanol–water partition coefficient (Wildman–Crippen LogP) is 4.15. The van der Waals surface area contributed by atoms with E-state index < -0.39 is 9.84 Å². The molecule has 27 heavy (non-hydrogen) atoms. The van der Waals surface area contributed by atoms with Crippen LogP contribution in [-0.4, -0.2) is 32.2 Å². The summed E-state index contributed by atoms with van der Waals surface area (Å²) in [6.45, 7) is 0. The zero-order valence-corrected chi connectivity index (χ0v) is 16.8. The predicted molar refractivity (Wildman–Crippen MR) is 108 cm³/mol. The molecule has 1 amide bonds. The highest BCUT2D eigenvalue weighted by atomic mass is 35.5. The van der Waals surface area contributed by atoms with Crippen LogP contribution in [0.5, 0.6) is 5.75 Å². The Morgan fingerprint density at radius 2 is 1.96 bits per heavy atom. The first-order valence-corrected chi connectivity index (χ1v) is 10.9. The Hall–Kier alpha value is -2.16. The van der Waals surface area contributed by atoms with Gasteiger partial charge in [-0.2, -0.15) is 0 Å². The lowest BCUT2D eigenvalue weighted by molar-refractivity contribution is -0.116. The number of halogens is 1. The number of ether oxygens (including phenoxy) is 1. The summed E-state index contributed by atoms with van der Waals surface area (Å²) < 4.78 is 30.6. The van der Waals surface area contributed by atoms with Gasteiger partial charge >= 0.3 is 0 Å². The number of hydrogen-bond acceptors (Lipinski definition) is 6. The van der Waals surface area contributed by atoms with Crippen molar-refractivity contribution in [3.63, 3.8) is 0 Å². The van der Waals surface area contributed by atoms with Crippen molar-refractivity contribution in [3.8, 4) is 5.75 Å². The van der Waals surface area contributed by atoms with E-state index in [0.717, 1.165) is 16.0 Å². The number of methoxy groups -OCH3 is 1. The van der Waals surface area contributed by atoms with E-state index >= 15 is 0 Å². The van der Waals surface area contributed by atoms with Crippen molar-refractivity contribution in [2.24, 2.45) is 0 Å². The summed E-state index contributed by atoms with van der Waals surface area (Å²) in [6.07, 6.45) is 0.307. The molecule has 0 saturated heterocycles. The van der Waals surface area contributed by atoms with Gasteiger partial charge in [0.2, 0.25) is 5.91 Å². The Kier molecular flexibility index (Phi) is 5.98. The first-order valence-electron chi connectivity index (χ1n) is 8.10. The van der Waals surface area contributed by atoms with Gasteiger partial charge in [0.15, 0.2) is 15.0 Å². The molecule has 3 rings (SSSR count). The number of nitrogens with zero attached hydrogens (tertiary/aromatic N) is 1. The molecule has 3 aromatic rings. The van der Waals surface area contributed by atoms with Gasteiger partial charge < -0.3 is 10.1 Å². The number of fused-ring (bicyclic) bond motifs is 1. The van der Waals surface area contributed by atoms with Crippen LogP contribution in [0.3, 0.4) is 0 Å². The Balaban J connectivity index is 1.56. The van der Waals surface area contributed by atoms with Gasteiger partial charge in [-0.3, -0.25) is 4.79 Å². The smallest absolute Gasteiger partial charge is 0.226 e. The molecule has 0 aliphatic carbocycles. The number of sulfone groups is 1. The number of rotatable bonds is 7. The lowest BCUT2D eigenvalue weighted by Crippen LogP contribution is -2.14. The van der Waals surface area contributed by atoms with Gasteiger partial charge in [0.25, 0.3) is 0 Å². The van der Waals surface area contributed by atoms with Crippen molar-refractivity contribution in [3.05, 3.63) is 47.5 Å². The number of carbonyl (C=O) groups is 1. The maximum absolute atomic E-state index is 12.3. The highest BCUT2D eigenvalue weighted by molar-refractivity contribution is 7.91. The van der Waals surface area contributed by atoms with Gasteiger partial charge in [-0.15, -0.1) is 0 Å². The molecule has 0 saturated carbocycles. The second kappa shape index (κ2) is 8.24. The van der Waals surface area contributed by atoms with Gasteiger partial charge in [-0.1, -0.05) is 22.9 Å². The summed E-state index contributed by atoms with van der Waals surface area (Å²) in [5, 5.41) is 3.67. The van der Waals surface area contributed by atoms with Crippen LogP contribution in [0, 0.1) is 0 Å². The number of nitrogens with one attached hydrogen (secondary N) is 1. The summed E-state index contributed by atoms with van der Waals surface area (Å²) in [5.41, 5.74) is 0.765. The summed E-state index contributed by atoms with van der Waals surface area (Å²) in [7, 11) is -1.85. The average molecular weight is 425 g/mol. The van der Waals surface area contributed by atoms with E-state index in [1.807, 2.05) is 12.1 Å². The molecule has 1 N–H and O–H groups in total. The summed E-state index contributed by atoms with van der Waals surface area (Å²) in [6, 6.07) is 11.5. The van der Waals surface area contributed by atoms with E-state index in [1.165, 1.54) is 35.6 Å². The van der Waals surface area contributed by atoms with Crippen LogP contribution in [0.4, 0.5) is 5.13 Å². The third-order valence-corrected chi connectivity index (χ3v) is 6.83. The molecular weight excluding hydrogens is 408 g/mol. The zero-order valence-electron chi connectivity index (χ0n) is 14.4. The molecule has 1 aromatic heterocycles. The lowest BCUT2D eigenvalue weighted by Gasteiger charge is -2.05. The van der Waals surface area contributed by atoms with Crippen LogP contribution in [0.15, 0.2) is 47.4 Å². The standard InChI is InChI=1S/C18H17ClN2O4S2/c1-25-13-6-9-15-16(11-13)26-18(20-15)21-17(22)3-2-10-27(23,24)14-7-4-12(19)5-8-14/h4-9,11H,2-3,10H2,1H3,(H,20,21,22). The van der Waals surface area contributed by atoms with Crippen molar-refractivity contribution >= 4 is 54.0 Å². The molecule has 0 radical (unpaired) electrons. The maximum atomic E-state index is 12.3. The average Bonchev–Trinajstić information content (AvgIpc) is 3.02. The normalized spacial score (nSPS) is 11.5. The van der Waals surface area contributed by atoms with E-state index in [0.29, 0.717) is 10.2 Å². The van der Waals surface area contributed by atoms with E-state index in [4.69, 9.17) is 16.3 Å². The minimum atomic E-state index is -3.44. The molecule has 0 unspecified atom stereocenters. The third-order valence-electron chi connectivity index (χ3n) is 3.83. The van der Waals surface area contributed by atoms with E-state index in [9.17, 15) is 13.2 Å². The summed E-state index contributed by atoms with van der Waals surface area (Å²) in [4.78, 5) is 16.6. The topological polar surface area (TPSA) is 85.4 Å². The van der Waals surface area contributed by atoms with E-state index in [1.54, 1.807) is 13.2 Å². The number of thiazole rings is 1. The third kappa shape index (κ3) is 4.97. The highest BCUT2D eigenvalue weighted by Gasteiger charge is 2.15. The minimum absolute atomic E-state index is 0.0894. The van der Waals surface area contributed by atoms with Crippen LogP contribution in [0.2, 0.25) is 5.02 Å². The number of aromatic nitrogens is 1. The minimum Gasteiger partial charge on any atom is -0.497 e. The Bertz CT molecular complexity index is 1060. The molecule has 0 atom stereocenters. The fourth-order valence-corrected chi connectivity index (χ4v) is 4.80. The number of hydrogen-bond donors (Lipinski definition) is 1. The SMILES string of the molecule is COc1ccc2nc(NC(=O)CCCS(=O)(=O)c3ccc(Cl)cc3)sc2c1. The van der Waals surface area contributed by atoms with Crippen LogP contribution in [-0.2, 0) is 14.6 Å². The highest BCUT2D eigenvalue weighted by Crippen LogP contribution is 2.29. The van der Waals surface area contributed by atoms with Crippen molar-refractivity contribution in [2.75, 3.05) is 18.2 Å². The van der Waals surface area contributed by atoms with E-state index in [2.05, 4.69) is 10.3 Å². The second-order valence-electron chi connectivity index (χ2n) is 5.78. The molecule has 0 fully saturated rings. The lowest BCUT2D eigenvalue weighted by atomic mass is 10.3. The van der Waals surface area contributed by atoms with Gasteiger partial charge in [0.05, 0.1) is 28.0 Å². The second-order valence-corrected chi connectivity index (χ2v) is 9.35.